The molecule has 1 aromatic rings. The van der Waals surface area contributed by atoms with Crippen LogP contribution in [0.25, 0.3) is 0 Å². The van der Waals surface area contributed by atoms with Crippen LogP contribution in [0.1, 0.15) is 12.5 Å². The lowest BCUT2D eigenvalue weighted by molar-refractivity contribution is -0.325. The molecule has 1 N–H and O–H groups in total. The summed E-state index contributed by atoms with van der Waals surface area (Å²) in [6.45, 7) is 2.91. The number of rotatable bonds is 7. The summed E-state index contributed by atoms with van der Waals surface area (Å²) in [6.07, 6.45) is -4.61. The van der Waals surface area contributed by atoms with Crippen molar-refractivity contribution in [1.82, 2.24) is 5.32 Å². The molecule has 0 spiro atoms. The van der Waals surface area contributed by atoms with Crippen molar-refractivity contribution >= 4 is 15.9 Å². The molecule has 0 aliphatic rings. The molecule has 3 nitrogen and oxygen atoms in total. The van der Waals surface area contributed by atoms with Crippen molar-refractivity contribution in [2.24, 2.45) is 0 Å². The van der Waals surface area contributed by atoms with E-state index in [2.05, 4.69) is 26.0 Å². The van der Waals surface area contributed by atoms with Gasteiger partial charge in [0.15, 0.2) is 0 Å². The highest BCUT2D eigenvalue weighted by atomic mass is 79.9. The summed E-state index contributed by atoms with van der Waals surface area (Å²) in [6, 6.07) is 5.43. The quantitative estimate of drug-likeness (QED) is 0.770. The van der Waals surface area contributed by atoms with Crippen molar-refractivity contribution < 1.29 is 22.6 Å². The molecule has 0 aromatic heterocycles. The fraction of sp³-hybridized carbons (Fsp3) is 0.500. The molecule has 1 aromatic carbocycles. The molecule has 19 heavy (non-hydrogen) atoms. The molecule has 7 heteroatoms. The fourth-order valence-corrected chi connectivity index (χ4v) is 1.89. The molecule has 0 bridgehead atoms. The number of hydrogen-bond acceptors (Lipinski definition) is 3. The van der Waals surface area contributed by atoms with Crippen LogP contribution >= 0.6 is 15.9 Å². The average Bonchev–Trinajstić information content (AvgIpc) is 2.32. The number of ether oxygens (including phenoxy) is 2. The highest BCUT2D eigenvalue weighted by Crippen LogP contribution is 2.26. The molecule has 0 saturated carbocycles. The molecule has 0 fully saturated rings. The van der Waals surface area contributed by atoms with Crippen LogP contribution in [-0.2, 0) is 11.3 Å². The van der Waals surface area contributed by atoms with Gasteiger partial charge in [-0.05, 0) is 40.2 Å². The van der Waals surface area contributed by atoms with Crippen molar-refractivity contribution in [3.63, 3.8) is 0 Å². The minimum atomic E-state index is -4.61. The van der Waals surface area contributed by atoms with Crippen LogP contribution in [0.15, 0.2) is 22.7 Å². The first kappa shape index (κ1) is 16.3. The topological polar surface area (TPSA) is 30.5 Å². The Kier molecular flexibility index (Phi) is 6.60. The first-order valence-electron chi connectivity index (χ1n) is 5.75. The molecular formula is C12H15BrF3NO2. The standard InChI is InChI=1S/C12H15BrF3NO2/c1-2-17-8-9-3-4-11(10(13)7-9)18-5-6-19-12(14,15)16/h3-4,7,17H,2,5-6,8H2,1H3. The van der Waals surface area contributed by atoms with E-state index in [1.54, 1.807) is 6.07 Å². The van der Waals surface area contributed by atoms with Gasteiger partial charge in [0.25, 0.3) is 0 Å². The van der Waals surface area contributed by atoms with Gasteiger partial charge in [-0.25, -0.2) is 0 Å². The Morgan fingerprint density at radius 3 is 2.58 bits per heavy atom. The van der Waals surface area contributed by atoms with E-state index < -0.39 is 13.0 Å². The molecule has 0 heterocycles. The van der Waals surface area contributed by atoms with Crippen molar-refractivity contribution in [3.8, 4) is 5.75 Å². The number of alkyl halides is 3. The van der Waals surface area contributed by atoms with Gasteiger partial charge < -0.3 is 10.1 Å². The van der Waals surface area contributed by atoms with Crippen LogP contribution < -0.4 is 10.1 Å². The second-order valence-electron chi connectivity index (χ2n) is 3.69. The van der Waals surface area contributed by atoms with E-state index in [4.69, 9.17) is 4.74 Å². The molecule has 0 aliphatic carbocycles. The minimum absolute atomic E-state index is 0.162. The van der Waals surface area contributed by atoms with Crippen LogP contribution in [0.5, 0.6) is 5.75 Å². The summed E-state index contributed by atoms with van der Waals surface area (Å²) < 4.78 is 44.7. The molecule has 0 radical (unpaired) electrons. The predicted molar refractivity (Wildman–Crippen MR) is 69.0 cm³/mol. The highest BCUT2D eigenvalue weighted by Gasteiger charge is 2.28. The molecule has 0 amide bonds. The third kappa shape index (κ3) is 6.79. The Balaban J connectivity index is 2.42. The Bertz CT molecular complexity index is 399. The molecule has 1 rings (SSSR count). The maximum atomic E-state index is 11.7. The summed E-state index contributed by atoms with van der Waals surface area (Å²) in [7, 11) is 0. The van der Waals surface area contributed by atoms with Crippen molar-refractivity contribution in [3.05, 3.63) is 28.2 Å². The van der Waals surface area contributed by atoms with E-state index >= 15 is 0 Å². The molecule has 0 saturated heterocycles. The number of halogens is 4. The van der Waals surface area contributed by atoms with Gasteiger partial charge in [-0.3, -0.25) is 4.74 Å². The first-order valence-corrected chi connectivity index (χ1v) is 6.54. The largest absolute Gasteiger partial charge is 0.522 e. The predicted octanol–water partition coefficient (Wildman–Crippen LogP) is 3.47. The van der Waals surface area contributed by atoms with Gasteiger partial charge in [0, 0.05) is 6.54 Å². The highest BCUT2D eigenvalue weighted by molar-refractivity contribution is 9.10. The van der Waals surface area contributed by atoms with Crippen LogP contribution in [-0.4, -0.2) is 26.1 Å². The van der Waals surface area contributed by atoms with E-state index in [1.807, 2.05) is 19.1 Å². The number of hydrogen-bond donors (Lipinski definition) is 1. The molecule has 0 unspecified atom stereocenters. The van der Waals surface area contributed by atoms with E-state index in [1.165, 1.54) is 0 Å². The van der Waals surface area contributed by atoms with Crippen molar-refractivity contribution in [2.75, 3.05) is 19.8 Å². The van der Waals surface area contributed by atoms with Crippen LogP contribution in [0.2, 0.25) is 0 Å². The molecular weight excluding hydrogens is 327 g/mol. The Morgan fingerprint density at radius 2 is 2.00 bits per heavy atom. The van der Waals surface area contributed by atoms with E-state index in [9.17, 15) is 13.2 Å². The minimum Gasteiger partial charge on any atom is -0.490 e. The van der Waals surface area contributed by atoms with Gasteiger partial charge in [-0.2, -0.15) is 0 Å². The zero-order valence-electron chi connectivity index (χ0n) is 10.4. The number of nitrogens with one attached hydrogen (secondary N) is 1. The third-order valence-corrected chi connectivity index (χ3v) is 2.80. The van der Waals surface area contributed by atoms with Gasteiger partial charge >= 0.3 is 6.36 Å². The van der Waals surface area contributed by atoms with Gasteiger partial charge in [0.05, 0.1) is 11.1 Å². The summed E-state index contributed by atoms with van der Waals surface area (Å²) in [5, 5.41) is 3.17. The van der Waals surface area contributed by atoms with Gasteiger partial charge in [-0.1, -0.05) is 13.0 Å². The first-order chi connectivity index (χ1) is 8.92. The lowest BCUT2D eigenvalue weighted by Crippen LogP contribution is -2.18. The van der Waals surface area contributed by atoms with E-state index in [-0.39, 0.29) is 6.61 Å². The fourth-order valence-electron chi connectivity index (χ4n) is 1.35. The summed E-state index contributed by atoms with van der Waals surface area (Å²) in [5.74, 6) is 0.492. The number of benzene rings is 1. The summed E-state index contributed by atoms with van der Waals surface area (Å²) >= 11 is 3.31. The van der Waals surface area contributed by atoms with E-state index in [0.717, 1.165) is 18.7 Å². The Labute approximate surface area is 118 Å². The molecule has 0 aliphatic heterocycles. The SMILES string of the molecule is CCNCc1ccc(OCCOC(F)(F)F)c(Br)c1. The van der Waals surface area contributed by atoms with Crippen molar-refractivity contribution in [1.29, 1.82) is 0 Å². The zero-order valence-corrected chi connectivity index (χ0v) is 12.0. The summed E-state index contributed by atoms with van der Waals surface area (Å²) in [5.41, 5.74) is 1.06. The maximum absolute atomic E-state index is 11.7. The van der Waals surface area contributed by atoms with Crippen LogP contribution in [0.3, 0.4) is 0 Å². The van der Waals surface area contributed by atoms with Gasteiger partial charge in [-0.15, -0.1) is 13.2 Å². The smallest absolute Gasteiger partial charge is 0.490 e. The Hall–Kier alpha value is -0.790. The molecule has 0 atom stereocenters. The van der Waals surface area contributed by atoms with Crippen LogP contribution in [0.4, 0.5) is 13.2 Å². The third-order valence-electron chi connectivity index (χ3n) is 2.18. The molecule has 108 valence electrons. The maximum Gasteiger partial charge on any atom is 0.522 e. The van der Waals surface area contributed by atoms with E-state index in [0.29, 0.717) is 10.2 Å². The van der Waals surface area contributed by atoms with Crippen LogP contribution in [0, 0.1) is 0 Å². The second-order valence-corrected chi connectivity index (χ2v) is 4.54. The van der Waals surface area contributed by atoms with Gasteiger partial charge in [0.2, 0.25) is 0 Å². The Morgan fingerprint density at radius 1 is 1.26 bits per heavy atom. The summed E-state index contributed by atoms with van der Waals surface area (Å²) in [4.78, 5) is 0. The average molecular weight is 342 g/mol. The van der Waals surface area contributed by atoms with Crippen molar-refractivity contribution in [2.45, 2.75) is 19.8 Å². The van der Waals surface area contributed by atoms with Gasteiger partial charge in [0.1, 0.15) is 12.4 Å². The second kappa shape index (κ2) is 7.72. The monoisotopic (exact) mass is 341 g/mol. The normalized spacial score (nSPS) is 11.6. The lowest BCUT2D eigenvalue weighted by atomic mass is 10.2. The zero-order chi connectivity index (χ0) is 14.3. The lowest BCUT2D eigenvalue weighted by Gasteiger charge is -2.11.